The van der Waals surface area contributed by atoms with E-state index in [9.17, 15) is 28.6 Å². The van der Waals surface area contributed by atoms with E-state index in [1.165, 1.54) is 6.92 Å². The third-order valence-corrected chi connectivity index (χ3v) is 3.56. The molecule has 1 aromatic rings. The molecule has 0 spiro atoms. The number of nitro groups is 2. The van der Waals surface area contributed by atoms with Crippen LogP contribution in [0.4, 0.5) is 11.4 Å². The highest BCUT2D eigenvalue weighted by Crippen LogP contribution is 2.33. The lowest BCUT2D eigenvalue weighted by atomic mass is 10.3. The minimum atomic E-state index is -4.14. The van der Waals surface area contributed by atoms with E-state index in [0.29, 0.717) is 0 Å². The number of hydrogen-bond acceptors (Lipinski definition) is 6. The Labute approximate surface area is 102 Å². The lowest BCUT2D eigenvalue weighted by Crippen LogP contribution is -2.24. The van der Waals surface area contributed by atoms with E-state index >= 15 is 0 Å². The summed E-state index contributed by atoms with van der Waals surface area (Å²) in [6.45, 7) is 1.50. The van der Waals surface area contributed by atoms with Crippen molar-refractivity contribution >= 4 is 21.4 Å². The second kappa shape index (κ2) is 5.06. The highest BCUT2D eigenvalue weighted by Gasteiger charge is 2.34. The molecule has 1 aromatic carbocycles. The molecule has 0 aromatic heterocycles. The summed E-state index contributed by atoms with van der Waals surface area (Å²) in [4.78, 5) is 18.7. The van der Waals surface area contributed by atoms with Crippen molar-refractivity contribution in [3.63, 3.8) is 0 Å². The molecular formula is C8H9N3O6S. The van der Waals surface area contributed by atoms with Crippen molar-refractivity contribution in [2.45, 2.75) is 11.8 Å². The third kappa shape index (κ3) is 2.60. The van der Waals surface area contributed by atoms with Crippen LogP contribution in [0.3, 0.4) is 0 Å². The Bertz CT molecular complexity index is 597. The number of sulfonamides is 1. The number of hydrogen-bond donors (Lipinski definition) is 1. The Kier molecular flexibility index (Phi) is 3.93. The molecule has 0 saturated heterocycles. The first-order valence-electron chi connectivity index (χ1n) is 4.72. The Hall–Kier alpha value is -2.07. The summed E-state index contributed by atoms with van der Waals surface area (Å²) in [5.74, 6) is 0. The predicted molar refractivity (Wildman–Crippen MR) is 60.6 cm³/mol. The molecule has 0 amide bonds. The summed E-state index contributed by atoms with van der Waals surface area (Å²) >= 11 is 0. The number of nitrogens with one attached hydrogen (secondary N) is 1. The van der Waals surface area contributed by atoms with Crippen molar-refractivity contribution in [3.8, 4) is 0 Å². The predicted octanol–water partition coefficient (Wildman–Crippen LogP) is 0.801. The van der Waals surface area contributed by atoms with Crippen LogP contribution < -0.4 is 4.72 Å². The fourth-order valence-corrected chi connectivity index (χ4v) is 2.55. The van der Waals surface area contributed by atoms with Crippen molar-refractivity contribution in [1.29, 1.82) is 0 Å². The molecule has 0 unspecified atom stereocenters. The van der Waals surface area contributed by atoms with E-state index in [4.69, 9.17) is 0 Å². The van der Waals surface area contributed by atoms with Gasteiger partial charge in [0.2, 0.25) is 10.0 Å². The Balaban J connectivity index is 3.60. The minimum absolute atomic E-state index is 0.0161. The van der Waals surface area contributed by atoms with E-state index in [-0.39, 0.29) is 6.54 Å². The van der Waals surface area contributed by atoms with Gasteiger partial charge >= 0.3 is 11.4 Å². The molecule has 0 aliphatic rings. The van der Waals surface area contributed by atoms with Gasteiger partial charge in [0, 0.05) is 12.6 Å². The van der Waals surface area contributed by atoms with Gasteiger partial charge in [0.15, 0.2) is 4.90 Å². The fourth-order valence-electron chi connectivity index (χ4n) is 1.33. The van der Waals surface area contributed by atoms with Gasteiger partial charge in [-0.05, 0) is 6.07 Å². The van der Waals surface area contributed by atoms with Crippen LogP contribution in [0.2, 0.25) is 0 Å². The molecule has 0 atom stereocenters. The monoisotopic (exact) mass is 275 g/mol. The van der Waals surface area contributed by atoms with Crippen molar-refractivity contribution in [2.75, 3.05) is 6.54 Å². The molecule has 0 aliphatic carbocycles. The van der Waals surface area contributed by atoms with Crippen LogP contribution in [0.15, 0.2) is 23.1 Å². The number of benzene rings is 1. The highest BCUT2D eigenvalue weighted by atomic mass is 32.2. The topological polar surface area (TPSA) is 132 Å². The summed E-state index contributed by atoms with van der Waals surface area (Å²) in [5, 5.41) is 21.5. The summed E-state index contributed by atoms with van der Waals surface area (Å²) in [6.07, 6.45) is 0. The summed E-state index contributed by atoms with van der Waals surface area (Å²) in [7, 11) is -4.14. The molecule has 0 saturated carbocycles. The molecule has 18 heavy (non-hydrogen) atoms. The first-order valence-corrected chi connectivity index (χ1v) is 6.21. The average Bonchev–Trinajstić information content (AvgIpc) is 2.27. The van der Waals surface area contributed by atoms with Crippen LogP contribution in [0.5, 0.6) is 0 Å². The molecule has 0 aliphatic heterocycles. The largest absolute Gasteiger partial charge is 0.365 e. The van der Waals surface area contributed by atoms with Crippen LogP contribution >= 0.6 is 0 Å². The molecule has 0 bridgehead atoms. The van der Waals surface area contributed by atoms with E-state index in [1.807, 2.05) is 4.72 Å². The number of nitrogens with zero attached hydrogens (tertiary/aromatic N) is 2. The van der Waals surface area contributed by atoms with E-state index in [2.05, 4.69) is 0 Å². The lowest BCUT2D eigenvalue weighted by Gasteiger charge is -2.05. The third-order valence-electron chi connectivity index (χ3n) is 1.98. The van der Waals surface area contributed by atoms with Gasteiger partial charge in [-0.3, -0.25) is 20.2 Å². The zero-order valence-electron chi connectivity index (χ0n) is 9.19. The molecule has 10 heteroatoms. The van der Waals surface area contributed by atoms with Gasteiger partial charge in [0.25, 0.3) is 0 Å². The van der Waals surface area contributed by atoms with Crippen molar-refractivity contribution in [3.05, 3.63) is 38.4 Å². The molecule has 1 N–H and O–H groups in total. The van der Waals surface area contributed by atoms with Crippen LogP contribution in [-0.2, 0) is 10.0 Å². The van der Waals surface area contributed by atoms with Gasteiger partial charge in [-0.15, -0.1) is 0 Å². The Morgan fingerprint density at radius 3 is 2.28 bits per heavy atom. The fraction of sp³-hybridized carbons (Fsp3) is 0.250. The zero-order chi connectivity index (χ0) is 13.9. The summed E-state index contributed by atoms with van der Waals surface area (Å²) < 4.78 is 25.4. The first kappa shape index (κ1) is 14.0. The molecule has 9 nitrogen and oxygen atoms in total. The average molecular weight is 275 g/mol. The van der Waals surface area contributed by atoms with Crippen molar-refractivity contribution < 1.29 is 18.3 Å². The van der Waals surface area contributed by atoms with E-state index < -0.39 is 36.1 Å². The van der Waals surface area contributed by atoms with Crippen LogP contribution in [0.25, 0.3) is 0 Å². The summed E-state index contributed by atoms with van der Waals surface area (Å²) in [6, 6.07) is 2.90. The number of nitro benzene ring substituents is 2. The lowest BCUT2D eigenvalue weighted by molar-refractivity contribution is -0.424. The second-order valence-corrected chi connectivity index (χ2v) is 4.87. The van der Waals surface area contributed by atoms with E-state index in [1.54, 1.807) is 0 Å². The second-order valence-electron chi connectivity index (χ2n) is 3.14. The molecule has 0 radical (unpaired) electrons. The van der Waals surface area contributed by atoms with Gasteiger partial charge in [0.1, 0.15) is 0 Å². The Morgan fingerprint density at radius 2 is 1.83 bits per heavy atom. The maximum Gasteiger partial charge on any atom is 0.365 e. The van der Waals surface area contributed by atoms with Crippen LogP contribution in [0, 0.1) is 20.2 Å². The minimum Gasteiger partial charge on any atom is -0.258 e. The van der Waals surface area contributed by atoms with Crippen molar-refractivity contribution in [1.82, 2.24) is 4.72 Å². The SMILES string of the molecule is CCNS(=O)(=O)c1cccc([N+](=O)[O-])c1[N+](=O)[O-]. The van der Waals surface area contributed by atoms with Gasteiger partial charge < -0.3 is 0 Å². The molecule has 0 fully saturated rings. The maximum atomic E-state index is 11.7. The normalized spacial score (nSPS) is 11.2. The zero-order valence-corrected chi connectivity index (χ0v) is 10.0. The van der Waals surface area contributed by atoms with Gasteiger partial charge in [0.05, 0.1) is 9.85 Å². The molecule has 0 heterocycles. The van der Waals surface area contributed by atoms with E-state index in [0.717, 1.165) is 18.2 Å². The van der Waals surface area contributed by atoms with Gasteiger partial charge in [-0.2, -0.15) is 0 Å². The number of rotatable bonds is 5. The van der Waals surface area contributed by atoms with Gasteiger partial charge in [-0.25, -0.2) is 13.1 Å². The molecule has 98 valence electrons. The summed E-state index contributed by atoms with van der Waals surface area (Å²) in [5.41, 5.74) is -1.90. The smallest absolute Gasteiger partial charge is 0.258 e. The van der Waals surface area contributed by atoms with Crippen LogP contribution in [-0.4, -0.2) is 24.8 Å². The highest BCUT2D eigenvalue weighted by molar-refractivity contribution is 7.89. The van der Waals surface area contributed by atoms with Gasteiger partial charge in [-0.1, -0.05) is 13.0 Å². The standard InChI is InChI=1S/C8H9N3O6S/c1-2-9-18(16,17)7-5-3-4-6(10(12)13)8(7)11(14)15/h3-5,9H,2H2,1H3. The molecular weight excluding hydrogens is 266 g/mol. The van der Waals surface area contributed by atoms with Crippen LogP contribution in [0.1, 0.15) is 6.92 Å². The van der Waals surface area contributed by atoms with Crippen molar-refractivity contribution in [2.24, 2.45) is 0 Å². The molecule has 1 rings (SSSR count). The first-order chi connectivity index (χ1) is 8.31. The maximum absolute atomic E-state index is 11.7. The number of para-hydroxylation sites is 1. The quantitative estimate of drug-likeness (QED) is 0.624. The Morgan fingerprint density at radius 1 is 1.22 bits per heavy atom.